The van der Waals surface area contributed by atoms with Gasteiger partial charge in [-0.25, -0.2) is 9.97 Å². The third-order valence-electron chi connectivity index (χ3n) is 3.42. The van der Waals surface area contributed by atoms with E-state index >= 15 is 0 Å². The molecule has 0 atom stereocenters. The summed E-state index contributed by atoms with van der Waals surface area (Å²) in [6, 6.07) is 8.50. The molecule has 1 aromatic carbocycles. The largest absolute Gasteiger partial charge is 0.404 e. The van der Waals surface area contributed by atoms with E-state index in [4.69, 9.17) is 11.5 Å². The molecule has 128 valence electrons. The lowest BCUT2D eigenvalue weighted by atomic mass is 10.1. The zero-order chi connectivity index (χ0) is 18.4. The first kappa shape index (κ1) is 17.9. The van der Waals surface area contributed by atoms with Gasteiger partial charge in [-0.1, -0.05) is 12.1 Å². The summed E-state index contributed by atoms with van der Waals surface area (Å²) in [6.07, 6.45) is 3.08. The molecule has 1 heterocycles. The molecule has 0 radical (unpaired) electrons. The normalized spacial score (nSPS) is 11.9. The minimum Gasteiger partial charge on any atom is -0.404 e. The highest BCUT2D eigenvalue weighted by Crippen LogP contribution is 2.18. The number of allylic oxidation sites excluding steroid dienone is 1. The Morgan fingerprint density at radius 2 is 1.64 bits per heavy atom. The van der Waals surface area contributed by atoms with Crippen LogP contribution < -0.4 is 16.8 Å². The molecular formula is C18H19N5O2. The number of nitrogens with one attached hydrogen (secondary N) is 1. The number of aromatic nitrogens is 2. The highest BCUT2D eigenvalue weighted by Gasteiger charge is 2.15. The highest BCUT2D eigenvalue weighted by molar-refractivity contribution is 6.24. The van der Waals surface area contributed by atoms with Crippen LogP contribution in [0.15, 0.2) is 42.7 Å². The summed E-state index contributed by atoms with van der Waals surface area (Å²) >= 11 is 0. The number of rotatable bonds is 5. The van der Waals surface area contributed by atoms with E-state index in [0.717, 1.165) is 11.4 Å². The number of benzene rings is 1. The van der Waals surface area contributed by atoms with Gasteiger partial charge in [-0.05, 0) is 37.6 Å². The van der Waals surface area contributed by atoms with Crippen LogP contribution >= 0.6 is 0 Å². The molecule has 2 aromatic rings. The fourth-order valence-corrected chi connectivity index (χ4v) is 2.25. The number of nitrogens with two attached hydrogens (primary N) is 2. The number of nitrogens with zero attached hydrogens (tertiary/aromatic N) is 2. The van der Waals surface area contributed by atoms with Crippen LogP contribution in [-0.4, -0.2) is 22.2 Å². The van der Waals surface area contributed by atoms with Crippen molar-refractivity contribution in [2.24, 2.45) is 11.5 Å². The molecule has 0 aliphatic rings. The molecule has 0 aliphatic carbocycles. The van der Waals surface area contributed by atoms with E-state index in [-0.39, 0.29) is 11.4 Å². The van der Waals surface area contributed by atoms with E-state index in [0.29, 0.717) is 23.1 Å². The minimum absolute atomic E-state index is 0.173. The van der Waals surface area contributed by atoms with Crippen molar-refractivity contribution >= 4 is 29.0 Å². The van der Waals surface area contributed by atoms with Crippen LogP contribution in [0.25, 0.3) is 11.1 Å². The van der Waals surface area contributed by atoms with E-state index in [9.17, 15) is 9.59 Å². The number of carbonyl (C=O) groups is 2. The van der Waals surface area contributed by atoms with Gasteiger partial charge in [0.15, 0.2) is 12.1 Å². The van der Waals surface area contributed by atoms with Crippen molar-refractivity contribution in [1.29, 1.82) is 0 Å². The van der Waals surface area contributed by atoms with Gasteiger partial charge < -0.3 is 16.8 Å². The van der Waals surface area contributed by atoms with Crippen molar-refractivity contribution in [3.8, 4) is 0 Å². The molecule has 2 rings (SSSR count). The standard InChI is InChI=1S/C18H19N5O2/c1-11-7-12(2)22-17(21-11)16(9-20)18(25)23-15-5-3-13(4-6-15)14(8-19)10-24/h3-10H,19-20H2,1-2H3,(H,23,25). The molecule has 0 saturated heterocycles. The summed E-state index contributed by atoms with van der Waals surface area (Å²) in [5.74, 6) is -0.159. The second-order valence-electron chi connectivity index (χ2n) is 5.33. The van der Waals surface area contributed by atoms with Gasteiger partial charge in [-0.15, -0.1) is 0 Å². The zero-order valence-corrected chi connectivity index (χ0v) is 14.0. The lowest BCUT2D eigenvalue weighted by molar-refractivity contribution is -0.111. The topological polar surface area (TPSA) is 124 Å². The number of hydrogen-bond donors (Lipinski definition) is 3. The summed E-state index contributed by atoms with van der Waals surface area (Å²) in [7, 11) is 0. The van der Waals surface area contributed by atoms with Gasteiger partial charge in [-0.2, -0.15) is 0 Å². The summed E-state index contributed by atoms with van der Waals surface area (Å²) in [5, 5.41) is 2.73. The van der Waals surface area contributed by atoms with Gasteiger partial charge in [0.05, 0.1) is 5.57 Å². The summed E-state index contributed by atoms with van der Waals surface area (Å²) in [5.41, 5.74) is 14.2. The van der Waals surface area contributed by atoms with E-state index in [1.54, 1.807) is 24.3 Å². The van der Waals surface area contributed by atoms with Crippen LogP contribution in [0, 0.1) is 13.8 Å². The molecule has 0 aliphatic heterocycles. The molecule has 0 fully saturated rings. The van der Waals surface area contributed by atoms with E-state index < -0.39 is 5.91 Å². The monoisotopic (exact) mass is 337 g/mol. The van der Waals surface area contributed by atoms with Crippen molar-refractivity contribution < 1.29 is 9.59 Å². The fraction of sp³-hybridized carbons (Fsp3) is 0.111. The quantitative estimate of drug-likeness (QED) is 0.561. The predicted octanol–water partition coefficient (Wildman–Crippen LogP) is 1.53. The molecule has 0 saturated carbocycles. The molecule has 1 amide bonds. The van der Waals surface area contributed by atoms with Crippen LogP contribution in [0.5, 0.6) is 0 Å². The number of aryl methyl sites for hydroxylation is 2. The van der Waals surface area contributed by atoms with Gasteiger partial charge in [-0.3, -0.25) is 9.59 Å². The minimum atomic E-state index is -0.426. The fourth-order valence-electron chi connectivity index (χ4n) is 2.25. The first-order valence-corrected chi connectivity index (χ1v) is 7.52. The average molecular weight is 337 g/mol. The first-order chi connectivity index (χ1) is 12.0. The van der Waals surface area contributed by atoms with E-state index in [1.165, 1.54) is 12.4 Å². The Labute approximate surface area is 145 Å². The second-order valence-corrected chi connectivity index (χ2v) is 5.33. The van der Waals surface area contributed by atoms with Crippen molar-refractivity contribution in [2.45, 2.75) is 13.8 Å². The van der Waals surface area contributed by atoms with Gasteiger partial charge >= 0.3 is 0 Å². The molecule has 25 heavy (non-hydrogen) atoms. The number of anilines is 1. The molecule has 0 unspecified atom stereocenters. The zero-order valence-electron chi connectivity index (χ0n) is 14.0. The smallest absolute Gasteiger partial charge is 0.260 e. The van der Waals surface area contributed by atoms with Crippen LogP contribution in [0.4, 0.5) is 5.69 Å². The second kappa shape index (κ2) is 7.87. The Morgan fingerprint density at radius 3 is 2.12 bits per heavy atom. The lowest BCUT2D eigenvalue weighted by Crippen LogP contribution is -2.17. The molecule has 7 heteroatoms. The van der Waals surface area contributed by atoms with Crippen molar-refractivity contribution in [3.63, 3.8) is 0 Å². The van der Waals surface area contributed by atoms with Crippen molar-refractivity contribution in [1.82, 2.24) is 9.97 Å². The van der Waals surface area contributed by atoms with E-state index in [2.05, 4.69) is 15.3 Å². The van der Waals surface area contributed by atoms with Gasteiger partial charge in [0.1, 0.15) is 0 Å². The third-order valence-corrected chi connectivity index (χ3v) is 3.42. The molecule has 1 aromatic heterocycles. The summed E-state index contributed by atoms with van der Waals surface area (Å²) < 4.78 is 0. The number of amides is 1. The maximum Gasteiger partial charge on any atom is 0.260 e. The number of carbonyl (C=O) groups excluding carboxylic acids is 2. The molecule has 5 N–H and O–H groups in total. The van der Waals surface area contributed by atoms with Gasteiger partial charge in [0.25, 0.3) is 5.91 Å². The van der Waals surface area contributed by atoms with Crippen molar-refractivity contribution in [3.05, 3.63) is 65.5 Å². The van der Waals surface area contributed by atoms with Crippen LogP contribution in [0.1, 0.15) is 22.8 Å². The Bertz CT molecular complexity index is 834. The Kier molecular flexibility index (Phi) is 5.62. The van der Waals surface area contributed by atoms with Gasteiger partial charge in [0, 0.05) is 35.0 Å². The average Bonchev–Trinajstić information content (AvgIpc) is 2.57. The maximum absolute atomic E-state index is 12.5. The third kappa shape index (κ3) is 4.29. The SMILES string of the molecule is Cc1cc(C)nc(C(=CN)C(=O)Nc2ccc(C(C=O)=CN)cc2)n1. The Morgan fingerprint density at radius 1 is 1.04 bits per heavy atom. The number of hydrogen-bond acceptors (Lipinski definition) is 6. The first-order valence-electron chi connectivity index (χ1n) is 7.52. The van der Waals surface area contributed by atoms with Crippen LogP contribution in [0.2, 0.25) is 0 Å². The Balaban J connectivity index is 2.21. The summed E-state index contributed by atoms with van der Waals surface area (Å²) in [6.45, 7) is 3.64. The lowest BCUT2D eigenvalue weighted by Gasteiger charge is -2.09. The van der Waals surface area contributed by atoms with Gasteiger partial charge in [0.2, 0.25) is 0 Å². The highest BCUT2D eigenvalue weighted by atomic mass is 16.1. The predicted molar refractivity (Wildman–Crippen MR) is 97.0 cm³/mol. The molecule has 0 spiro atoms. The maximum atomic E-state index is 12.5. The molecule has 7 nitrogen and oxygen atoms in total. The van der Waals surface area contributed by atoms with Crippen molar-refractivity contribution in [2.75, 3.05) is 5.32 Å². The van der Waals surface area contributed by atoms with Crippen LogP contribution in [-0.2, 0) is 9.59 Å². The molecule has 0 bridgehead atoms. The van der Waals surface area contributed by atoms with E-state index in [1.807, 2.05) is 19.9 Å². The molecular weight excluding hydrogens is 318 g/mol. The Hall–Kier alpha value is -3.48. The summed E-state index contributed by atoms with van der Waals surface area (Å²) in [4.78, 5) is 31.9. The number of aldehydes is 1. The van der Waals surface area contributed by atoms with Crippen LogP contribution in [0.3, 0.4) is 0 Å².